The number of hydrogen-bond donors (Lipinski definition) is 0. The SMILES string of the molecule is CC(C)(C)c1nc(-n2c3ccccc3c3cc(-n4c5c(c6ccccc64)CCC=C5)ccc32)cc(-n2c3ccccc3c3cc(-n4c5ccccc5c5ccccc54)ccc32)n1. The minimum Gasteiger partial charge on any atom is -0.310 e. The van der Waals surface area contributed by atoms with E-state index in [-0.39, 0.29) is 5.41 Å². The van der Waals surface area contributed by atoms with Gasteiger partial charge in [-0.25, -0.2) is 9.97 Å². The lowest BCUT2D eigenvalue weighted by molar-refractivity contribution is 0.542. The summed E-state index contributed by atoms with van der Waals surface area (Å²) in [5.41, 5.74) is 12.8. The molecular weight excluding hydrogens is 757 g/mol. The van der Waals surface area contributed by atoms with E-state index in [0.717, 1.165) is 63.7 Å². The maximum Gasteiger partial charge on any atom is 0.143 e. The minimum absolute atomic E-state index is 0.318. The number of aryl methyl sites for hydroxylation is 1. The minimum atomic E-state index is -0.318. The van der Waals surface area contributed by atoms with Crippen molar-refractivity contribution in [1.29, 1.82) is 0 Å². The molecule has 0 saturated carbocycles. The molecule has 296 valence electrons. The van der Waals surface area contributed by atoms with E-state index in [1.807, 2.05) is 0 Å². The summed E-state index contributed by atoms with van der Waals surface area (Å²) >= 11 is 0. The van der Waals surface area contributed by atoms with Crippen LogP contribution in [0.25, 0.3) is 105 Å². The van der Waals surface area contributed by atoms with Crippen LogP contribution < -0.4 is 0 Å². The molecule has 13 rings (SSSR count). The lowest BCUT2D eigenvalue weighted by Gasteiger charge is -2.20. The molecule has 7 aromatic carbocycles. The van der Waals surface area contributed by atoms with Crippen LogP contribution in [0.3, 0.4) is 0 Å². The Kier molecular flexibility index (Phi) is 7.30. The Morgan fingerprint density at radius 3 is 1.31 bits per heavy atom. The molecule has 6 heteroatoms. The van der Waals surface area contributed by atoms with Gasteiger partial charge in [-0.1, -0.05) is 118 Å². The summed E-state index contributed by atoms with van der Waals surface area (Å²) in [6.07, 6.45) is 6.75. The lowest BCUT2D eigenvalue weighted by atomic mass is 9.96. The van der Waals surface area contributed by atoms with Crippen LogP contribution in [-0.2, 0) is 11.8 Å². The van der Waals surface area contributed by atoms with Gasteiger partial charge in [0.25, 0.3) is 0 Å². The van der Waals surface area contributed by atoms with Crippen molar-refractivity contribution >= 4 is 82.4 Å². The first-order valence-corrected chi connectivity index (χ1v) is 21.7. The number of nitrogens with zero attached hydrogens (tertiary/aromatic N) is 6. The third-order valence-electron chi connectivity index (χ3n) is 13.1. The lowest BCUT2D eigenvalue weighted by Crippen LogP contribution is -2.19. The molecule has 0 spiro atoms. The van der Waals surface area contributed by atoms with Crippen molar-refractivity contribution in [3.05, 3.63) is 187 Å². The Morgan fingerprint density at radius 2 is 0.806 bits per heavy atom. The fraction of sp³-hybridized carbons (Fsp3) is 0.107. The Hall–Kier alpha value is -7.70. The van der Waals surface area contributed by atoms with E-state index < -0.39 is 0 Å². The van der Waals surface area contributed by atoms with Crippen LogP contribution in [0, 0.1) is 0 Å². The maximum atomic E-state index is 5.41. The molecule has 0 unspecified atom stereocenters. The maximum absolute atomic E-state index is 5.41. The number of rotatable bonds is 4. The number of aromatic nitrogens is 6. The molecule has 0 atom stereocenters. The second-order valence-electron chi connectivity index (χ2n) is 17.8. The van der Waals surface area contributed by atoms with Crippen molar-refractivity contribution in [1.82, 2.24) is 28.2 Å². The average molecular weight is 799 g/mol. The average Bonchev–Trinajstić information content (AvgIpc) is 4.03. The summed E-state index contributed by atoms with van der Waals surface area (Å²) in [7, 11) is 0. The molecule has 0 saturated heterocycles. The standard InChI is InChI=1S/C56H42N6/c1-56(2,3)55-57-53(61-49-26-14-8-20-41(49)43-32-35(28-30-51(43)61)59-45-22-10-4-16-37(45)38-17-5-11-23-46(38)59)34-54(58-55)62-50-27-15-9-21-42(50)44-33-36(29-31-52(44)62)60-47-24-12-6-18-39(47)40-19-7-13-25-48(40)60/h4-6,8-18,20-34H,7,19H2,1-3H3. The van der Waals surface area contributed by atoms with E-state index in [0.29, 0.717) is 0 Å². The highest BCUT2D eigenvalue weighted by molar-refractivity contribution is 6.13. The molecule has 0 bridgehead atoms. The van der Waals surface area contributed by atoms with Crippen LogP contribution in [-0.4, -0.2) is 28.2 Å². The molecule has 12 aromatic rings. The summed E-state index contributed by atoms with van der Waals surface area (Å²) < 4.78 is 9.52. The Bertz CT molecular complexity index is 3810. The Morgan fingerprint density at radius 1 is 0.403 bits per heavy atom. The van der Waals surface area contributed by atoms with Gasteiger partial charge in [-0.05, 0) is 91.2 Å². The summed E-state index contributed by atoms with van der Waals surface area (Å²) in [6.45, 7) is 6.61. The van der Waals surface area contributed by atoms with E-state index in [9.17, 15) is 0 Å². The van der Waals surface area contributed by atoms with E-state index in [2.05, 4.69) is 215 Å². The van der Waals surface area contributed by atoms with Crippen LogP contribution in [0.4, 0.5) is 0 Å². The highest BCUT2D eigenvalue weighted by Crippen LogP contribution is 2.40. The molecule has 1 aliphatic rings. The number of allylic oxidation sites excluding steroid dienone is 1. The van der Waals surface area contributed by atoms with Crippen LogP contribution in [0.2, 0.25) is 0 Å². The first-order chi connectivity index (χ1) is 30.4. The predicted molar refractivity (Wildman–Crippen MR) is 258 cm³/mol. The van der Waals surface area contributed by atoms with Crippen molar-refractivity contribution in [2.75, 3.05) is 0 Å². The van der Waals surface area contributed by atoms with Crippen molar-refractivity contribution in [3.8, 4) is 23.0 Å². The molecule has 62 heavy (non-hydrogen) atoms. The van der Waals surface area contributed by atoms with Gasteiger partial charge in [0.1, 0.15) is 17.5 Å². The fourth-order valence-corrected chi connectivity index (χ4v) is 10.3. The van der Waals surface area contributed by atoms with Crippen molar-refractivity contribution in [2.24, 2.45) is 0 Å². The Labute approximate surface area is 358 Å². The second kappa shape index (κ2) is 12.9. The van der Waals surface area contributed by atoms with Gasteiger partial charge < -0.3 is 9.13 Å². The molecule has 6 nitrogen and oxygen atoms in total. The molecule has 5 heterocycles. The molecule has 0 N–H and O–H groups in total. The summed E-state index contributed by atoms with van der Waals surface area (Å²) in [4.78, 5) is 10.8. The summed E-state index contributed by atoms with van der Waals surface area (Å²) in [6, 6.07) is 59.7. The number of para-hydroxylation sites is 5. The van der Waals surface area contributed by atoms with Gasteiger partial charge in [0.2, 0.25) is 0 Å². The molecule has 1 aliphatic carbocycles. The van der Waals surface area contributed by atoms with Gasteiger partial charge in [-0.15, -0.1) is 0 Å². The highest BCUT2D eigenvalue weighted by atomic mass is 15.2. The number of fused-ring (bicyclic) bond motifs is 12. The van der Waals surface area contributed by atoms with Gasteiger partial charge in [0.05, 0.1) is 38.6 Å². The molecule has 0 radical (unpaired) electrons. The first-order valence-electron chi connectivity index (χ1n) is 21.7. The van der Waals surface area contributed by atoms with E-state index in [1.54, 1.807) is 0 Å². The predicted octanol–water partition coefficient (Wildman–Crippen LogP) is 14.0. The van der Waals surface area contributed by atoms with Crippen LogP contribution in [0.5, 0.6) is 0 Å². The number of benzene rings is 7. The highest BCUT2D eigenvalue weighted by Gasteiger charge is 2.25. The van der Waals surface area contributed by atoms with Gasteiger partial charge in [0.15, 0.2) is 0 Å². The molecular formula is C56H42N6. The van der Waals surface area contributed by atoms with Gasteiger partial charge in [-0.2, -0.15) is 0 Å². The van der Waals surface area contributed by atoms with E-state index in [1.165, 1.54) is 65.5 Å². The quantitative estimate of drug-likeness (QED) is 0.178. The fourth-order valence-electron chi connectivity index (χ4n) is 10.3. The Balaban J connectivity index is 1.04. The largest absolute Gasteiger partial charge is 0.310 e. The first kappa shape index (κ1) is 35.1. The van der Waals surface area contributed by atoms with E-state index in [4.69, 9.17) is 9.97 Å². The smallest absolute Gasteiger partial charge is 0.143 e. The third-order valence-corrected chi connectivity index (χ3v) is 13.1. The molecule has 0 amide bonds. The molecule has 0 aliphatic heterocycles. The van der Waals surface area contributed by atoms with Gasteiger partial charge in [-0.3, -0.25) is 9.13 Å². The van der Waals surface area contributed by atoms with Gasteiger partial charge in [0, 0.05) is 66.3 Å². The summed E-state index contributed by atoms with van der Waals surface area (Å²) in [5.74, 6) is 2.48. The normalized spacial score (nSPS) is 13.2. The summed E-state index contributed by atoms with van der Waals surface area (Å²) in [5, 5.41) is 8.59. The third kappa shape index (κ3) is 4.98. The van der Waals surface area contributed by atoms with Crippen LogP contribution in [0.1, 0.15) is 44.3 Å². The van der Waals surface area contributed by atoms with Crippen molar-refractivity contribution < 1.29 is 0 Å². The topological polar surface area (TPSA) is 45.5 Å². The van der Waals surface area contributed by atoms with Gasteiger partial charge >= 0.3 is 0 Å². The zero-order valence-electron chi connectivity index (χ0n) is 34.8. The second-order valence-corrected chi connectivity index (χ2v) is 17.8. The molecule has 0 fully saturated rings. The van der Waals surface area contributed by atoms with Crippen molar-refractivity contribution in [2.45, 2.75) is 39.0 Å². The zero-order valence-corrected chi connectivity index (χ0v) is 34.8. The van der Waals surface area contributed by atoms with E-state index >= 15 is 0 Å². The van der Waals surface area contributed by atoms with Crippen LogP contribution >= 0.6 is 0 Å². The van der Waals surface area contributed by atoms with Crippen LogP contribution in [0.15, 0.2) is 170 Å². The zero-order chi connectivity index (χ0) is 41.3. The monoisotopic (exact) mass is 798 g/mol. The molecule has 5 aromatic heterocycles. The number of hydrogen-bond acceptors (Lipinski definition) is 2. The van der Waals surface area contributed by atoms with Crippen molar-refractivity contribution in [3.63, 3.8) is 0 Å².